The Morgan fingerprint density at radius 3 is 2.44 bits per heavy atom. The Kier molecular flexibility index (Phi) is 2.62. The van der Waals surface area contributed by atoms with E-state index in [-0.39, 0.29) is 11.6 Å². The van der Waals surface area contributed by atoms with Crippen LogP contribution in [0.1, 0.15) is 33.6 Å². The summed E-state index contributed by atoms with van der Waals surface area (Å²) < 4.78 is 5.42. The fourth-order valence-electron chi connectivity index (χ4n) is 2.18. The van der Waals surface area contributed by atoms with Crippen molar-refractivity contribution in [1.29, 1.82) is 0 Å². The van der Waals surface area contributed by atoms with Crippen LogP contribution in [0.15, 0.2) is 0 Å². The number of carbonyl (C=O) groups is 1. The fourth-order valence-corrected chi connectivity index (χ4v) is 2.18. The van der Waals surface area contributed by atoms with E-state index >= 15 is 0 Å². The summed E-state index contributed by atoms with van der Waals surface area (Å²) in [5, 5.41) is 1.80. The number of carbonyl (C=O) groups excluding carboxylic acids is 1. The molecule has 0 aromatic carbocycles. The molecular formula is C11H21N3O2. The first-order valence-corrected chi connectivity index (χ1v) is 5.83. The van der Waals surface area contributed by atoms with E-state index in [0.717, 1.165) is 25.9 Å². The quantitative estimate of drug-likeness (QED) is 0.626. The van der Waals surface area contributed by atoms with E-state index in [1.54, 1.807) is 5.01 Å². The maximum Gasteiger partial charge on any atom is 0.410 e. The van der Waals surface area contributed by atoms with E-state index in [4.69, 9.17) is 10.6 Å². The summed E-state index contributed by atoms with van der Waals surface area (Å²) in [4.78, 5) is 13.9. The monoisotopic (exact) mass is 227 g/mol. The molecule has 0 bridgehead atoms. The summed E-state index contributed by atoms with van der Waals surface area (Å²) in [7, 11) is 0. The minimum atomic E-state index is -0.424. The molecule has 92 valence electrons. The third kappa shape index (κ3) is 2.30. The molecule has 1 aliphatic carbocycles. The van der Waals surface area contributed by atoms with Gasteiger partial charge in [0.1, 0.15) is 5.60 Å². The van der Waals surface area contributed by atoms with Gasteiger partial charge < -0.3 is 4.74 Å². The zero-order valence-corrected chi connectivity index (χ0v) is 10.3. The van der Waals surface area contributed by atoms with E-state index in [1.165, 1.54) is 0 Å². The van der Waals surface area contributed by atoms with Gasteiger partial charge in [-0.15, -0.1) is 0 Å². The molecule has 0 aromatic rings. The highest BCUT2D eigenvalue weighted by molar-refractivity contribution is 5.70. The van der Waals surface area contributed by atoms with E-state index in [9.17, 15) is 4.79 Å². The highest BCUT2D eigenvalue weighted by Gasteiger charge is 2.53. The molecule has 1 aliphatic heterocycles. The van der Waals surface area contributed by atoms with Crippen LogP contribution in [-0.2, 0) is 4.74 Å². The van der Waals surface area contributed by atoms with E-state index < -0.39 is 5.60 Å². The van der Waals surface area contributed by atoms with Crippen LogP contribution < -0.4 is 5.84 Å². The van der Waals surface area contributed by atoms with Crippen molar-refractivity contribution in [3.8, 4) is 0 Å². The van der Waals surface area contributed by atoms with Gasteiger partial charge in [-0.3, -0.25) is 10.7 Å². The molecule has 2 N–H and O–H groups in total. The molecule has 1 heterocycles. The molecule has 0 aromatic heterocycles. The Morgan fingerprint density at radius 2 is 1.94 bits per heavy atom. The average molecular weight is 227 g/mol. The summed E-state index contributed by atoms with van der Waals surface area (Å²) >= 11 is 0. The van der Waals surface area contributed by atoms with Gasteiger partial charge in [-0.05, 0) is 33.6 Å². The second-order valence-electron chi connectivity index (χ2n) is 5.83. The van der Waals surface area contributed by atoms with Crippen LogP contribution in [0, 0.1) is 0 Å². The molecule has 5 nitrogen and oxygen atoms in total. The van der Waals surface area contributed by atoms with Crippen molar-refractivity contribution in [2.24, 2.45) is 5.84 Å². The third-order valence-electron chi connectivity index (χ3n) is 3.12. The Labute approximate surface area is 96.5 Å². The van der Waals surface area contributed by atoms with Gasteiger partial charge in [-0.1, -0.05) is 0 Å². The molecule has 2 aliphatic rings. The van der Waals surface area contributed by atoms with Crippen LogP contribution >= 0.6 is 0 Å². The largest absolute Gasteiger partial charge is 0.444 e. The van der Waals surface area contributed by atoms with Gasteiger partial charge in [0.2, 0.25) is 0 Å². The normalized spacial score (nSPS) is 24.6. The van der Waals surface area contributed by atoms with Crippen LogP contribution in [0.2, 0.25) is 0 Å². The minimum Gasteiger partial charge on any atom is -0.444 e. The average Bonchev–Trinajstić information content (AvgIpc) is 2.81. The van der Waals surface area contributed by atoms with E-state index in [2.05, 4.69) is 0 Å². The number of hydrazine groups is 1. The van der Waals surface area contributed by atoms with Crippen molar-refractivity contribution in [2.75, 3.05) is 19.6 Å². The smallest absolute Gasteiger partial charge is 0.410 e. The Balaban J connectivity index is 2.01. The van der Waals surface area contributed by atoms with Gasteiger partial charge in [-0.2, -0.15) is 0 Å². The van der Waals surface area contributed by atoms with E-state index in [1.807, 2.05) is 25.7 Å². The van der Waals surface area contributed by atoms with Crippen LogP contribution in [-0.4, -0.2) is 46.8 Å². The lowest BCUT2D eigenvalue weighted by molar-refractivity contribution is -0.00702. The molecular weight excluding hydrogens is 206 g/mol. The summed E-state index contributed by atoms with van der Waals surface area (Å²) in [6.45, 7) is 7.84. The molecule has 0 radical (unpaired) electrons. The van der Waals surface area contributed by atoms with Gasteiger partial charge >= 0.3 is 6.09 Å². The van der Waals surface area contributed by atoms with Crippen molar-refractivity contribution in [3.05, 3.63) is 0 Å². The molecule has 0 unspecified atom stereocenters. The molecule has 1 spiro atoms. The van der Waals surface area contributed by atoms with Crippen molar-refractivity contribution in [2.45, 2.75) is 44.8 Å². The molecule has 16 heavy (non-hydrogen) atoms. The topological polar surface area (TPSA) is 58.8 Å². The fraction of sp³-hybridized carbons (Fsp3) is 0.909. The number of piperazine rings is 1. The molecule has 1 amide bonds. The number of rotatable bonds is 0. The number of nitrogens with zero attached hydrogens (tertiary/aromatic N) is 2. The number of amides is 1. The number of hydrogen-bond acceptors (Lipinski definition) is 4. The maximum absolute atomic E-state index is 12.0. The number of nitrogens with two attached hydrogens (primary N) is 1. The lowest BCUT2D eigenvalue weighted by Crippen LogP contribution is -2.59. The lowest BCUT2D eigenvalue weighted by atomic mass is 10.1. The molecule has 2 fully saturated rings. The number of hydrogen-bond donors (Lipinski definition) is 1. The SMILES string of the molecule is CC(C)(C)OC(=O)N1CCN(N)CC12CC2. The van der Waals surface area contributed by atoms with Crippen molar-refractivity contribution >= 4 is 6.09 Å². The molecule has 5 heteroatoms. The highest BCUT2D eigenvalue weighted by Crippen LogP contribution is 2.44. The van der Waals surface area contributed by atoms with Crippen molar-refractivity contribution in [3.63, 3.8) is 0 Å². The molecule has 2 rings (SSSR count). The summed E-state index contributed by atoms with van der Waals surface area (Å²) in [6.07, 6.45) is 1.89. The molecule has 1 saturated carbocycles. The van der Waals surface area contributed by atoms with Gasteiger partial charge in [0.25, 0.3) is 0 Å². The predicted octanol–water partition coefficient (Wildman–Crippen LogP) is 0.945. The minimum absolute atomic E-state index is 0.0324. The van der Waals surface area contributed by atoms with Crippen LogP contribution in [0.4, 0.5) is 4.79 Å². The summed E-state index contributed by atoms with van der Waals surface area (Å²) in [6, 6.07) is 0. The van der Waals surface area contributed by atoms with Gasteiger partial charge in [0.05, 0.1) is 5.54 Å². The Hall–Kier alpha value is -0.810. The van der Waals surface area contributed by atoms with Crippen LogP contribution in [0.25, 0.3) is 0 Å². The van der Waals surface area contributed by atoms with Crippen molar-refractivity contribution in [1.82, 2.24) is 9.91 Å². The van der Waals surface area contributed by atoms with Crippen LogP contribution in [0.5, 0.6) is 0 Å². The summed E-state index contributed by atoms with van der Waals surface area (Å²) in [5.41, 5.74) is -0.456. The van der Waals surface area contributed by atoms with E-state index in [0.29, 0.717) is 6.54 Å². The van der Waals surface area contributed by atoms with Crippen LogP contribution in [0.3, 0.4) is 0 Å². The lowest BCUT2D eigenvalue weighted by Gasteiger charge is -2.40. The zero-order chi connectivity index (χ0) is 12.0. The zero-order valence-electron chi connectivity index (χ0n) is 10.3. The predicted molar refractivity (Wildman–Crippen MR) is 60.7 cm³/mol. The number of ether oxygens (including phenoxy) is 1. The first-order valence-electron chi connectivity index (χ1n) is 5.83. The summed E-state index contributed by atoms with van der Waals surface area (Å²) in [5.74, 6) is 5.79. The first kappa shape index (κ1) is 11.7. The first-order chi connectivity index (χ1) is 7.32. The standard InChI is InChI=1S/C11H21N3O2/c1-10(2,3)16-9(15)14-7-6-13(12)8-11(14)4-5-11/h4-8,12H2,1-3H3. The van der Waals surface area contributed by atoms with Gasteiger partial charge in [0, 0.05) is 19.6 Å². The second kappa shape index (κ2) is 3.60. The second-order valence-corrected chi connectivity index (χ2v) is 5.83. The molecule has 1 saturated heterocycles. The Bertz CT molecular complexity index is 294. The maximum atomic E-state index is 12.0. The molecule has 0 atom stereocenters. The third-order valence-corrected chi connectivity index (χ3v) is 3.12. The van der Waals surface area contributed by atoms with Gasteiger partial charge in [0.15, 0.2) is 0 Å². The Morgan fingerprint density at radius 1 is 1.31 bits per heavy atom. The van der Waals surface area contributed by atoms with Gasteiger partial charge in [-0.25, -0.2) is 9.80 Å². The highest BCUT2D eigenvalue weighted by atomic mass is 16.6. The van der Waals surface area contributed by atoms with Crippen molar-refractivity contribution < 1.29 is 9.53 Å².